The van der Waals surface area contributed by atoms with E-state index < -0.39 is 6.04 Å². The third-order valence-corrected chi connectivity index (χ3v) is 5.07. The summed E-state index contributed by atoms with van der Waals surface area (Å²) < 4.78 is 12.5. The summed E-state index contributed by atoms with van der Waals surface area (Å²) in [6.07, 6.45) is 0. The van der Waals surface area contributed by atoms with E-state index in [1.807, 2.05) is 48.5 Å². The molecule has 1 aliphatic rings. The minimum Gasteiger partial charge on any atom is -0.497 e. The van der Waals surface area contributed by atoms with Crippen molar-refractivity contribution in [3.63, 3.8) is 0 Å². The lowest BCUT2D eigenvalue weighted by molar-refractivity contribution is 0.402. The Hall–Kier alpha value is -4.21. The van der Waals surface area contributed by atoms with Gasteiger partial charge >= 0.3 is 0 Å². The molecule has 0 radical (unpaired) electrons. The number of benzene rings is 2. The van der Waals surface area contributed by atoms with Crippen molar-refractivity contribution in [2.24, 2.45) is 0 Å². The zero-order valence-corrected chi connectivity index (χ0v) is 16.2. The second-order valence-electron chi connectivity index (χ2n) is 6.64. The number of ether oxygens (including phenoxy) is 2. The normalized spacial score (nSPS) is 14.4. The van der Waals surface area contributed by atoms with Crippen LogP contribution in [0.5, 0.6) is 11.5 Å². The van der Waals surface area contributed by atoms with Gasteiger partial charge in [-0.15, -0.1) is 0 Å². The fourth-order valence-corrected chi connectivity index (χ4v) is 3.69. The van der Waals surface area contributed by atoms with Crippen LogP contribution in [-0.4, -0.2) is 44.6 Å². The van der Waals surface area contributed by atoms with Gasteiger partial charge in [0.1, 0.15) is 23.2 Å². The summed E-state index contributed by atoms with van der Waals surface area (Å²) >= 11 is 0. The standard InChI is InChI=1S/C20H17N7O3/c1-29-12-9-7-11(8-10-12)16-15-17(19(28)23-22-16)21-20-24-25-26-27(20)18(15)13-5-3-4-6-14(13)30-2/h3-10,18H,1-2H3,(H,23,28)(H,21,24,26)/t18-/m0/s1. The highest BCUT2D eigenvalue weighted by Crippen LogP contribution is 2.43. The molecule has 1 aliphatic heterocycles. The van der Waals surface area contributed by atoms with Gasteiger partial charge in [-0.1, -0.05) is 23.3 Å². The van der Waals surface area contributed by atoms with Crippen LogP contribution in [0.4, 0.5) is 11.6 Å². The fourth-order valence-electron chi connectivity index (χ4n) is 3.69. The Balaban J connectivity index is 1.80. The summed E-state index contributed by atoms with van der Waals surface area (Å²) in [6.45, 7) is 0. The summed E-state index contributed by atoms with van der Waals surface area (Å²) in [4.78, 5) is 12.7. The van der Waals surface area contributed by atoms with Crippen LogP contribution in [0.25, 0.3) is 11.3 Å². The quantitative estimate of drug-likeness (QED) is 0.468. The molecule has 0 spiro atoms. The van der Waals surface area contributed by atoms with Gasteiger partial charge < -0.3 is 14.8 Å². The van der Waals surface area contributed by atoms with Crippen molar-refractivity contribution < 1.29 is 9.47 Å². The summed E-state index contributed by atoms with van der Waals surface area (Å²) in [5.41, 5.74) is 2.83. The highest BCUT2D eigenvalue weighted by atomic mass is 16.5. The molecule has 150 valence electrons. The second kappa shape index (κ2) is 6.99. The molecule has 1 atom stereocenters. The number of anilines is 2. The Labute approximate surface area is 170 Å². The number of tetrazole rings is 1. The van der Waals surface area contributed by atoms with Crippen LogP contribution < -0.4 is 20.3 Å². The van der Waals surface area contributed by atoms with E-state index in [1.165, 1.54) is 0 Å². The molecular formula is C20H17N7O3. The Morgan fingerprint density at radius 1 is 1.03 bits per heavy atom. The van der Waals surface area contributed by atoms with Gasteiger partial charge in [0.25, 0.3) is 5.56 Å². The molecule has 10 heteroatoms. The minimum atomic E-state index is -0.519. The van der Waals surface area contributed by atoms with E-state index in [2.05, 4.69) is 31.0 Å². The lowest BCUT2D eigenvalue weighted by Gasteiger charge is -2.28. The van der Waals surface area contributed by atoms with Crippen molar-refractivity contribution in [2.75, 3.05) is 19.5 Å². The molecule has 0 saturated carbocycles. The maximum absolute atomic E-state index is 12.7. The van der Waals surface area contributed by atoms with Gasteiger partial charge in [-0.2, -0.15) is 9.78 Å². The first-order chi connectivity index (χ1) is 14.7. The van der Waals surface area contributed by atoms with Crippen LogP contribution in [0, 0.1) is 0 Å². The van der Waals surface area contributed by atoms with Gasteiger partial charge in [-0.05, 0) is 40.8 Å². The highest BCUT2D eigenvalue weighted by Gasteiger charge is 2.35. The monoisotopic (exact) mass is 403 g/mol. The third-order valence-electron chi connectivity index (χ3n) is 5.07. The lowest BCUT2D eigenvalue weighted by Crippen LogP contribution is -2.29. The fraction of sp³-hybridized carbons (Fsp3) is 0.150. The van der Waals surface area contributed by atoms with Crippen LogP contribution in [0.2, 0.25) is 0 Å². The van der Waals surface area contributed by atoms with Crippen molar-refractivity contribution in [1.29, 1.82) is 0 Å². The molecule has 0 aliphatic carbocycles. The van der Waals surface area contributed by atoms with Crippen LogP contribution in [0.3, 0.4) is 0 Å². The number of nitrogens with one attached hydrogen (secondary N) is 2. The number of para-hydroxylation sites is 1. The number of H-pyrrole nitrogens is 1. The zero-order chi connectivity index (χ0) is 20.7. The first-order valence-electron chi connectivity index (χ1n) is 9.16. The van der Waals surface area contributed by atoms with E-state index >= 15 is 0 Å². The van der Waals surface area contributed by atoms with Gasteiger partial charge in [0.2, 0.25) is 5.95 Å². The number of aromatic amines is 1. The number of aromatic nitrogens is 6. The lowest BCUT2D eigenvalue weighted by atomic mass is 9.92. The Bertz CT molecular complexity index is 1280. The molecule has 0 amide bonds. The van der Waals surface area contributed by atoms with Gasteiger partial charge in [0.15, 0.2) is 0 Å². The first kappa shape index (κ1) is 17.9. The van der Waals surface area contributed by atoms with Crippen LogP contribution in [0.15, 0.2) is 53.3 Å². The molecular weight excluding hydrogens is 386 g/mol. The Morgan fingerprint density at radius 3 is 2.60 bits per heavy atom. The molecule has 5 rings (SSSR count). The Morgan fingerprint density at radius 2 is 1.83 bits per heavy atom. The average molecular weight is 403 g/mol. The first-order valence-corrected chi connectivity index (χ1v) is 9.16. The van der Waals surface area contributed by atoms with E-state index in [9.17, 15) is 4.79 Å². The predicted octanol–water partition coefficient (Wildman–Crippen LogP) is 2.14. The van der Waals surface area contributed by atoms with Crippen molar-refractivity contribution in [1.82, 2.24) is 30.4 Å². The summed E-state index contributed by atoms with van der Waals surface area (Å²) in [6, 6.07) is 14.5. The van der Waals surface area contributed by atoms with Crippen LogP contribution in [-0.2, 0) is 0 Å². The third kappa shape index (κ3) is 2.69. The number of nitrogens with zero attached hydrogens (tertiary/aromatic N) is 5. The van der Waals surface area contributed by atoms with Gasteiger partial charge in [0.05, 0.1) is 19.9 Å². The number of fused-ring (bicyclic) bond motifs is 2. The van der Waals surface area contributed by atoms with Crippen molar-refractivity contribution >= 4 is 11.6 Å². The smallest absolute Gasteiger partial charge is 0.288 e. The van der Waals surface area contributed by atoms with Crippen LogP contribution >= 0.6 is 0 Å². The molecule has 0 saturated heterocycles. The number of hydrogen-bond donors (Lipinski definition) is 2. The summed E-state index contributed by atoms with van der Waals surface area (Å²) in [5.74, 6) is 1.73. The van der Waals surface area contributed by atoms with Crippen molar-refractivity contribution in [2.45, 2.75) is 6.04 Å². The maximum Gasteiger partial charge on any atom is 0.288 e. The number of rotatable bonds is 4. The SMILES string of the molecule is COc1ccc(-c2n[nH]c(=O)c3c2[C@H](c2ccccc2OC)n2nnnc2N3)cc1. The zero-order valence-electron chi connectivity index (χ0n) is 16.2. The van der Waals surface area contributed by atoms with Crippen molar-refractivity contribution in [3.05, 3.63) is 70.0 Å². The van der Waals surface area contributed by atoms with Crippen molar-refractivity contribution in [3.8, 4) is 22.8 Å². The van der Waals surface area contributed by atoms with Gasteiger partial charge in [-0.3, -0.25) is 4.79 Å². The average Bonchev–Trinajstić information content (AvgIpc) is 3.27. The summed E-state index contributed by atoms with van der Waals surface area (Å²) in [5, 5.41) is 21.9. The van der Waals surface area contributed by atoms with Gasteiger partial charge in [0, 0.05) is 16.7 Å². The maximum atomic E-state index is 12.7. The molecule has 0 bridgehead atoms. The molecule has 3 heterocycles. The largest absolute Gasteiger partial charge is 0.497 e. The molecule has 2 N–H and O–H groups in total. The Kier molecular flexibility index (Phi) is 4.16. The molecule has 2 aromatic carbocycles. The molecule has 4 aromatic rings. The second-order valence-corrected chi connectivity index (χ2v) is 6.64. The molecule has 10 nitrogen and oxygen atoms in total. The van der Waals surface area contributed by atoms with E-state index in [1.54, 1.807) is 18.9 Å². The van der Waals surface area contributed by atoms with E-state index in [0.29, 0.717) is 28.6 Å². The number of hydrogen-bond acceptors (Lipinski definition) is 8. The van der Waals surface area contributed by atoms with Crippen LogP contribution in [0.1, 0.15) is 17.2 Å². The topological polar surface area (TPSA) is 120 Å². The number of methoxy groups -OCH3 is 2. The van der Waals surface area contributed by atoms with E-state index in [-0.39, 0.29) is 5.56 Å². The predicted molar refractivity (Wildman–Crippen MR) is 108 cm³/mol. The molecule has 2 aromatic heterocycles. The van der Waals surface area contributed by atoms with E-state index in [0.717, 1.165) is 16.9 Å². The molecule has 0 fully saturated rings. The molecule has 30 heavy (non-hydrogen) atoms. The molecule has 0 unspecified atom stereocenters. The van der Waals surface area contributed by atoms with Gasteiger partial charge in [-0.25, -0.2) is 5.10 Å². The van der Waals surface area contributed by atoms with E-state index in [4.69, 9.17) is 9.47 Å². The summed E-state index contributed by atoms with van der Waals surface area (Å²) in [7, 11) is 3.21. The minimum absolute atomic E-state index is 0.342. The highest BCUT2D eigenvalue weighted by molar-refractivity contribution is 5.76.